The molecule has 1 N–H and O–H groups in total. The van der Waals surface area contributed by atoms with Crippen LogP contribution < -0.4 is 4.72 Å². The van der Waals surface area contributed by atoms with Crippen molar-refractivity contribution >= 4 is 15.7 Å². The number of sulfonamides is 1. The van der Waals surface area contributed by atoms with E-state index in [-0.39, 0.29) is 5.75 Å². The Morgan fingerprint density at radius 2 is 2.13 bits per heavy atom. The molecule has 0 fully saturated rings. The van der Waals surface area contributed by atoms with Gasteiger partial charge in [0, 0.05) is 13.2 Å². The van der Waals surface area contributed by atoms with Crippen molar-refractivity contribution in [2.75, 3.05) is 10.5 Å². The second kappa shape index (κ2) is 4.65. The predicted octanol–water partition coefficient (Wildman–Crippen LogP) is 1.13. The molecule has 86 valence electrons. The van der Waals surface area contributed by atoms with E-state index in [0.29, 0.717) is 18.5 Å². The van der Waals surface area contributed by atoms with Crippen LogP contribution in [0.1, 0.15) is 26.0 Å². The molecule has 0 aliphatic heterocycles. The van der Waals surface area contributed by atoms with Crippen LogP contribution in [0.5, 0.6) is 0 Å². The lowest BCUT2D eigenvalue weighted by Gasteiger charge is -2.05. The van der Waals surface area contributed by atoms with E-state index in [0.717, 1.165) is 5.69 Å². The molecule has 1 aromatic rings. The van der Waals surface area contributed by atoms with Crippen LogP contribution in [0.15, 0.2) is 6.20 Å². The second-order valence-corrected chi connectivity index (χ2v) is 5.28. The predicted molar refractivity (Wildman–Crippen MR) is 60.3 cm³/mol. The van der Waals surface area contributed by atoms with Gasteiger partial charge in [-0.05, 0) is 12.8 Å². The van der Waals surface area contributed by atoms with Gasteiger partial charge < -0.3 is 0 Å². The van der Waals surface area contributed by atoms with E-state index < -0.39 is 10.0 Å². The Labute approximate surface area is 90.5 Å². The zero-order chi connectivity index (χ0) is 11.5. The first kappa shape index (κ1) is 12.0. The molecule has 5 nitrogen and oxygen atoms in total. The van der Waals surface area contributed by atoms with Gasteiger partial charge in [-0.25, -0.2) is 8.42 Å². The van der Waals surface area contributed by atoms with E-state index in [1.807, 2.05) is 13.8 Å². The third-order valence-corrected chi connectivity index (χ3v) is 3.46. The van der Waals surface area contributed by atoms with Crippen LogP contribution in [0.4, 0.5) is 5.69 Å². The maximum atomic E-state index is 11.5. The number of nitrogens with one attached hydrogen (secondary N) is 1. The fourth-order valence-corrected chi connectivity index (χ4v) is 2.51. The van der Waals surface area contributed by atoms with Gasteiger partial charge in [0.05, 0.1) is 17.1 Å². The fraction of sp³-hybridized carbons (Fsp3) is 0.667. The normalized spacial score (nSPS) is 11.7. The Bertz CT molecular complexity index is 423. The van der Waals surface area contributed by atoms with Gasteiger partial charge in [-0.1, -0.05) is 13.8 Å². The average Bonchev–Trinajstić information content (AvgIpc) is 2.44. The molecule has 1 rings (SSSR count). The summed E-state index contributed by atoms with van der Waals surface area (Å²) >= 11 is 0. The summed E-state index contributed by atoms with van der Waals surface area (Å²) in [6, 6.07) is 0. The first-order chi connectivity index (χ1) is 6.98. The van der Waals surface area contributed by atoms with Gasteiger partial charge in [-0.15, -0.1) is 0 Å². The van der Waals surface area contributed by atoms with E-state index in [2.05, 4.69) is 9.82 Å². The molecule has 0 unspecified atom stereocenters. The first-order valence-corrected chi connectivity index (χ1v) is 6.66. The molecule has 0 spiro atoms. The number of nitrogens with zero attached hydrogens (tertiary/aromatic N) is 2. The van der Waals surface area contributed by atoms with E-state index in [1.54, 1.807) is 17.9 Å². The highest BCUT2D eigenvalue weighted by Gasteiger charge is 2.13. The van der Waals surface area contributed by atoms with Crippen molar-refractivity contribution in [1.29, 1.82) is 0 Å². The molecule has 15 heavy (non-hydrogen) atoms. The van der Waals surface area contributed by atoms with Gasteiger partial charge in [-0.3, -0.25) is 9.40 Å². The lowest BCUT2D eigenvalue weighted by molar-refractivity contribution is 0.600. The molecule has 0 bridgehead atoms. The summed E-state index contributed by atoms with van der Waals surface area (Å²) < 4.78 is 27.2. The molecule has 0 saturated carbocycles. The summed E-state index contributed by atoms with van der Waals surface area (Å²) in [5.74, 6) is 0.144. The largest absolute Gasteiger partial charge is 0.280 e. The zero-order valence-corrected chi connectivity index (χ0v) is 10.1. The van der Waals surface area contributed by atoms with Crippen molar-refractivity contribution in [1.82, 2.24) is 9.78 Å². The van der Waals surface area contributed by atoms with Gasteiger partial charge >= 0.3 is 0 Å². The van der Waals surface area contributed by atoms with Crippen molar-refractivity contribution in [2.24, 2.45) is 7.05 Å². The minimum atomic E-state index is -3.21. The van der Waals surface area contributed by atoms with Crippen LogP contribution in [0.2, 0.25) is 0 Å². The van der Waals surface area contributed by atoms with Crippen LogP contribution in [0.3, 0.4) is 0 Å². The maximum Gasteiger partial charge on any atom is 0.232 e. The quantitative estimate of drug-likeness (QED) is 0.826. The Kier molecular flexibility index (Phi) is 3.73. The summed E-state index contributed by atoms with van der Waals surface area (Å²) in [7, 11) is -1.43. The smallest absolute Gasteiger partial charge is 0.232 e. The summed E-state index contributed by atoms with van der Waals surface area (Å²) in [5.41, 5.74) is 1.37. The lowest BCUT2D eigenvalue weighted by Crippen LogP contribution is -2.16. The number of anilines is 1. The van der Waals surface area contributed by atoms with E-state index in [1.165, 1.54) is 0 Å². The van der Waals surface area contributed by atoms with E-state index in [4.69, 9.17) is 0 Å². The van der Waals surface area contributed by atoms with Crippen molar-refractivity contribution in [3.8, 4) is 0 Å². The third kappa shape index (κ3) is 3.23. The van der Waals surface area contributed by atoms with Crippen molar-refractivity contribution in [3.05, 3.63) is 11.9 Å². The number of aromatic nitrogens is 2. The summed E-state index contributed by atoms with van der Waals surface area (Å²) in [4.78, 5) is 0. The fourth-order valence-electron chi connectivity index (χ4n) is 1.37. The SMILES string of the molecule is CCCS(=O)(=O)Nc1cn(C)nc1CC. The van der Waals surface area contributed by atoms with Gasteiger partial charge in [0.1, 0.15) is 0 Å². The molecule has 0 aliphatic rings. The van der Waals surface area contributed by atoms with Crippen molar-refractivity contribution in [3.63, 3.8) is 0 Å². The molecule has 1 aromatic heterocycles. The van der Waals surface area contributed by atoms with Crippen molar-refractivity contribution < 1.29 is 8.42 Å². The Morgan fingerprint density at radius 1 is 1.47 bits per heavy atom. The van der Waals surface area contributed by atoms with E-state index in [9.17, 15) is 8.42 Å². The first-order valence-electron chi connectivity index (χ1n) is 5.01. The van der Waals surface area contributed by atoms with E-state index >= 15 is 0 Å². The summed E-state index contributed by atoms with van der Waals surface area (Å²) in [6.07, 6.45) is 3.01. The van der Waals surface area contributed by atoms with Crippen LogP contribution >= 0.6 is 0 Å². The lowest BCUT2D eigenvalue weighted by atomic mass is 10.3. The van der Waals surface area contributed by atoms with Gasteiger partial charge in [0.15, 0.2) is 0 Å². The second-order valence-electron chi connectivity index (χ2n) is 3.44. The van der Waals surface area contributed by atoms with Crippen molar-refractivity contribution in [2.45, 2.75) is 26.7 Å². The molecule has 1 heterocycles. The van der Waals surface area contributed by atoms with Crippen LogP contribution in [0, 0.1) is 0 Å². The molecule has 0 aromatic carbocycles. The molecular weight excluding hydrogens is 214 g/mol. The molecular formula is C9H17N3O2S. The van der Waals surface area contributed by atoms with Crippen LogP contribution in [0.25, 0.3) is 0 Å². The zero-order valence-electron chi connectivity index (χ0n) is 9.32. The highest BCUT2D eigenvalue weighted by Crippen LogP contribution is 2.15. The highest BCUT2D eigenvalue weighted by atomic mass is 32.2. The summed E-state index contributed by atoms with van der Waals surface area (Å²) in [5, 5.41) is 4.16. The Hall–Kier alpha value is -1.04. The molecule has 0 atom stereocenters. The molecule has 0 amide bonds. The molecule has 0 aliphatic carbocycles. The third-order valence-electron chi connectivity index (χ3n) is 1.98. The molecule has 0 saturated heterocycles. The van der Waals surface area contributed by atoms with Crippen LogP contribution in [-0.2, 0) is 23.5 Å². The summed E-state index contributed by atoms with van der Waals surface area (Å²) in [6.45, 7) is 3.78. The standard InChI is InChI=1S/C9H17N3O2S/c1-4-6-15(13,14)11-9-7-12(3)10-8(9)5-2/h7,11H,4-6H2,1-3H3. The number of hydrogen-bond acceptors (Lipinski definition) is 3. The topological polar surface area (TPSA) is 64.0 Å². The minimum Gasteiger partial charge on any atom is -0.280 e. The molecule has 0 radical (unpaired) electrons. The van der Waals surface area contributed by atoms with Gasteiger partial charge in [0.2, 0.25) is 10.0 Å². The minimum absolute atomic E-state index is 0.144. The number of aryl methyl sites for hydroxylation is 2. The maximum absolute atomic E-state index is 11.5. The van der Waals surface area contributed by atoms with Gasteiger partial charge in [0.25, 0.3) is 0 Å². The monoisotopic (exact) mass is 231 g/mol. The Balaban J connectivity index is 2.88. The number of rotatable bonds is 5. The molecule has 6 heteroatoms. The average molecular weight is 231 g/mol. The van der Waals surface area contributed by atoms with Crippen LogP contribution in [-0.4, -0.2) is 24.0 Å². The highest BCUT2D eigenvalue weighted by molar-refractivity contribution is 7.92. The van der Waals surface area contributed by atoms with Gasteiger partial charge in [-0.2, -0.15) is 5.10 Å². The Morgan fingerprint density at radius 3 is 2.67 bits per heavy atom. The number of hydrogen-bond donors (Lipinski definition) is 1.